The minimum absolute atomic E-state index is 0.106. The highest BCUT2D eigenvalue weighted by molar-refractivity contribution is 6.28. The van der Waals surface area contributed by atoms with Crippen molar-refractivity contribution < 1.29 is 4.74 Å². The standard InChI is InChI=1S/C11H14ClN5O/c1-3-6-17-7-5-13-9(17)8-14-10(12)16-11(15-8)18-4-2/h5,7H,3-4,6H2,1-2H3. The van der Waals surface area contributed by atoms with Crippen LogP contribution in [0, 0.1) is 0 Å². The van der Waals surface area contributed by atoms with E-state index >= 15 is 0 Å². The Kier molecular flexibility index (Phi) is 4.09. The van der Waals surface area contributed by atoms with Crippen molar-refractivity contribution in [3.8, 4) is 17.7 Å². The monoisotopic (exact) mass is 267 g/mol. The van der Waals surface area contributed by atoms with Crippen molar-refractivity contribution in [1.29, 1.82) is 0 Å². The molecule has 0 aromatic carbocycles. The summed E-state index contributed by atoms with van der Waals surface area (Å²) in [7, 11) is 0. The highest BCUT2D eigenvalue weighted by Crippen LogP contribution is 2.17. The Morgan fingerprint density at radius 3 is 2.83 bits per heavy atom. The predicted octanol–water partition coefficient (Wildman–Crippen LogP) is 2.20. The minimum Gasteiger partial charge on any atom is -0.464 e. The van der Waals surface area contributed by atoms with Crippen molar-refractivity contribution in [3.63, 3.8) is 0 Å². The maximum atomic E-state index is 5.85. The molecule has 18 heavy (non-hydrogen) atoms. The maximum absolute atomic E-state index is 5.85. The van der Waals surface area contributed by atoms with Gasteiger partial charge in [-0.2, -0.15) is 15.0 Å². The summed E-state index contributed by atoms with van der Waals surface area (Å²) in [6, 6.07) is 0.221. The van der Waals surface area contributed by atoms with Gasteiger partial charge in [-0.1, -0.05) is 6.92 Å². The first kappa shape index (κ1) is 12.8. The first-order chi connectivity index (χ1) is 8.74. The van der Waals surface area contributed by atoms with Crippen LogP contribution in [0.4, 0.5) is 0 Å². The molecule has 0 N–H and O–H groups in total. The van der Waals surface area contributed by atoms with Crippen LogP contribution >= 0.6 is 11.6 Å². The van der Waals surface area contributed by atoms with Crippen LogP contribution in [0.15, 0.2) is 12.4 Å². The summed E-state index contributed by atoms with van der Waals surface area (Å²) in [4.78, 5) is 16.4. The van der Waals surface area contributed by atoms with Gasteiger partial charge in [0, 0.05) is 18.9 Å². The van der Waals surface area contributed by atoms with Crippen molar-refractivity contribution >= 4 is 11.6 Å². The topological polar surface area (TPSA) is 65.7 Å². The summed E-state index contributed by atoms with van der Waals surface area (Å²) in [5, 5.41) is 0.106. The highest BCUT2D eigenvalue weighted by Gasteiger charge is 2.12. The van der Waals surface area contributed by atoms with E-state index in [1.165, 1.54) is 0 Å². The molecule has 0 aliphatic rings. The molecule has 6 nitrogen and oxygen atoms in total. The Bertz CT molecular complexity index is 528. The van der Waals surface area contributed by atoms with Crippen molar-refractivity contribution in [1.82, 2.24) is 24.5 Å². The molecule has 7 heteroatoms. The van der Waals surface area contributed by atoms with Gasteiger partial charge in [-0.3, -0.25) is 0 Å². The van der Waals surface area contributed by atoms with Crippen LogP contribution in [0.3, 0.4) is 0 Å². The molecule has 2 heterocycles. The molecule has 0 atom stereocenters. The van der Waals surface area contributed by atoms with E-state index in [2.05, 4.69) is 26.9 Å². The second-order valence-corrected chi connectivity index (χ2v) is 3.93. The molecule has 0 spiro atoms. The van der Waals surface area contributed by atoms with Gasteiger partial charge in [0.1, 0.15) is 0 Å². The Hall–Kier alpha value is -1.69. The number of nitrogens with zero attached hydrogens (tertiary/aromatic N) is 5. The van der Waals surface area contributed by atoms with Gasteiger partial charge < -0.3 is 9.30 Å². The zero-order valence-corrected chi connectivity index (χ0v) is 11.1. The average Bonchev–Trinajstić information content (AvgIpc) is 2.77. The number of hydrogen-bond acceptors (Lipinski definition) is 5. The maximum Gasteiger partial charge on any atom is 0.321 e. The molecule has 0 fully saturated rings. The summed E-state index contributed by atoms with van der Waals surface area (Å²) in [6.45, 7) is 5.27. The zero-order chi connectivity index (χ0) is 13.0. The number of halogens is 1. The third-order valence-corrected chi connectivity index (χ3v) is 2.41. The molecule has 2 aromatic rings. The molecule has 0 aliphatic heterocycles. The number of imidazole rings is 1. The van der Waals surface area contributed by atoms with E-state index in [-0.39, 0.29) is 11.3 Å². The fourth-order valence-corrected chi connectivity index (χ4v) is 1.71. The quantitative estimate of drug-likeness (QED) is 0.831. The first-order valence-corrected chi connectivity index (χ1v) is 6.18. The van der Waals surface area contributed by atoms with E-state index in [0.717, 1.165) is 13.0 Å². The van der Waals surface area contributed by atoms with Crippen molar-refractivity contribution in [3.05, 3.63) is 17.7 Å². The van der Waals surface area contributed by atoms with E-state index in [1.807, 2.05) is 17.7 Å². The molecular formula is C11H14ClN5O. The number of rotatable bonds is 5. The highest BCUT2D eigenvalue weighted by atomic mass is 35.5. The average molecular weight is 268 g/mol. The molecule has 0 saturated heterocycles. The molecule has 0 unspecified atom stereocenters. The molecular weight excluding hydrogens is 254 g/mol. The van der Waals surface area contributed by atoms with Crippen molar-refractivity contribution in [2.24, 2.45) is 0 Å². The summed E-state index contributed by atoms with van der Waals surface area (Å²) in [5.41, 5.74) is 0. The van der Waals surface area contributed by atoms with Crippen LogP contribution < -0.4 is 4.74 Å². The summed E-state index contributed by atoms with van der Waals surface area (Å²) in [6.07, 6.45) is 4.60. The lowest BCUT2D eigenvalue weighted by Crippen LogP contribution is -2.05. The van der Waals surface area contributed by atoms with Crippen LogP contribution in [-0.4, -0.2) is 31.1 Å². The summed E-state index contributed by atoms with van der Waals surface area (Å²) < 4.78 is 7.22. The van der Waals surface area contributed by atoms with Gasteiger partial charge in [-0.15, -0.1) is 0 Å². The van der Waals surface area contributed by atoms with Crippen LogP contribution in [0.2, 0.25) is 5.28 Å². The van der Waals surface area contributed by atoms with E-state index in [0.29, 0.717) is 18.3 Å². The van der Waals surface area contributed by atoms with Gasteiger partial charge in [0.05, 0.1) is 6.61 Å². The van der Waals surface area contributed by atoms with E-state index < -0.39 is 0 Å². The van der Waals surface area contributed by atoms with Crippen molar-refractivity contribution in [2.75, 3.05) is 6.61 Å². The Morgan fingerprint density at radius 1 is 1.28 bits per heavy atom. The normalized spacial score (nSPS) is 10.6. The Morgan fingerprint density at radius 2 is 2.11 bits per heavy atom. The third kappa shape index (κ3) is 2.76. The number of ether oxygens (including phenoxy) is 1. The van der Waals surface area contributed by atoms with Gasteiger partial charge in [0.2, 0.25) is 11.1 Å². The molecule has 0 bridgehead atoms. The van der Waals surface area contributed by atoms with E-state index in [1.54, 1.807) is 6.20 Å². The molecule has 2 aromatic heterocycles. The fraction of sp³-hybridized carbons (Fsp3) is 0.455. The molecule has 96 valence electrons. The van der Waals surface area contributed by atoms with E-state index in [4.69, 9.17) is 16.3 Å². The molecule has 0 radical (unpaired) electrons. The molecule has 0 amide bonds. The van der Waals surface area contributed by atoms with Crippen molar-refractivity contribution in [2.45, 2.75) is 26.8 Å². The van der Waals surface area contributed by atoms with E-state index in [9.17, 15) is 0 Å². The lowest BCUT2D eigenvalue weighted by molar-refractivity contribution is 0.311. The van der Waals surface area contributed by atoms with Crippen LogP contribution in [-0.2, 0) is 6.54 Å². The van der Waals surface area contributed by atoms with Crippen LogP contribution in [0.25, 0.3) is 11.6 Å². The van der Waals surface area contributed by atoms with Gasteiger partial charge in [-0.25, -0.2) is 4.98 Å². The summed E-state index contributed by atoms with van der Waals surface area (Å²) in [5.74, 6) is 1.10. The second kappa shape index (κ2) is 5.77. The largest absolute Gasteiger partial charge is 0.464 e. The Labute approximate surface area is 110 Å². The number of aromatic nitrogens is 5. The minimum atomic E-state index is 0.106. The van der Waals surface area contributed by atoms with Crippen LogP contribution in [0.1, 0.15) is 20.3 Å². The predicted molar refractivity (Wildman–Crippen MR) is 67.5 cm³/mol. The first-order valence-electron chi connectivity index (χ1n) is 5.80. The van der Waals surface area contributed by atoms with Gasteiger partial charge in [0.15, 0.2) is 5.82 Å². The lowest BCUT2D eigenvalue weighted by atomic mass is 10.4. The van der Waals surface area contributed by atoms with Crippen LogP contribution in [0.5, 0.6) is 6.01 Å². The number of hydrogen-bond donors (Lipinski definition) is 0. The smallest absolute Gasteiger partial charge is 0.321 e. The summed E-state index contributed by atoms with van der Waals surface area (Å²) >= 11 is 5.85. The number of aryl methyl sites for hydroxylation is 1. The molecule has 2 rings (SSSR count). The molecule has 0 aliphatic carbocycles. The zero-order valence-electron chi connectivity index (χ0n) is 10.3. The van der Waals surface area contributed by atoms with Gasteiger partial charge >= 0.3 is 6.01 Å². The Balaban J connectivity index is 2.39. The fourth-order valence-electron chi connectivity index (χ4n) is 1.56. The second-order valence-electron chi connectivity index (χ2n) is 3.59. The SMILES string of the molecule is CCCn1ccnc1-c1nc(Cl)nc(OCC)n1. The third-order valence-electron chi connectivity index (χ3n) is 2.24. The lowest BCUT2D eigenvalue weighted by Gasteiger charge is -2.06. The molecule has 0 saturated carbocycles. The van der Waals surface area contributed by atoms with Gasteiger partial charge in [-0.05, 0) is 24.9 Å². The van der Waals surface area contributed by atoms with Gasteiger partial charge in [0.25, 0.3) is 0 Å².